The predicted octanol–water partition coefficient (Wildman–Crippen LogP) is 0.0700. The highest BCUT2D eigenvalue weighted by molar-refractivity contribution is 5.18. The quantitative estimate of drug-likeness (QED) is 0.578. The third kappa shape index (κ3) is 2.41. The monoisotopic (exact) mass is 287 g/mol. The van der Waals surface area contributed by atoms with E-state index in [1.165, 1.54) is 12.1 Å². The molecule has 2 aliphatic heterocycles. The summed E-state index contributed by atoms with van der Waals surface area (Å²) in [6.07, 6.45) is -4.14. The van der Waals surface area contributed by atoms with Gasteiger partial charge in [-0.15, -0.1) is 0 Å². The Bertz CT molecular complexity index is 502. The molecule has 0 aromatic carbocycles. The van der Waals surface area contributed by atoms with Crippen LogP contribution >= 0.6 is 0 Å². The number of aliphatic hydroxyl groups is 2. The Labute approximate surface area is 112 Å². The number of hydrogen-bond acceptors (Lipinski definition) is 8. The molecule has 5 atom stereocenters. The van der Waals surface area contributed by atoms with Gasteiger partial charge in [0.2, 0.25) is 6.29 Å². The van der Waals surface area contributed by atoms with Gasteiger partial charge in [0.15, 0.2) is 12.1 Å². The van der Waals surface area contributed by atoms with Gasteiger partial charge in [-0.05, 0) is 6.07 Å². The van der Waals surface area contributed by atoms with Crippen LogP contribution in [0.5, 0.6) is 0 Å². The van der Waals surface area contributed by atoms with Crippen molar-refractivity contribution in [3.8, 4) is 0 Å². The predicted molar refractivity (Wildman–Crippen MR) is 60.4 cm³/mol. The van der Waals surface area contributed by atoms with Crippen LogP contribution in [0.2, 0.25) is 0 Å². The molecule has 0 saturated carbocycles. The molecule has 2 saturated heterocycles. The van der Waals surface area contributed by atoms with Crippen LogP contribution in [0.4, 0.5) is 5.88 Å². The van der Waals surface area contributed by atoms with Crippen LogP contribution < -0.4 is 0 Å². The summed E-state index contributed by atoms with van der Waals surface area (Å²) in [6, 6.07) is 2.58. The molecule has 9 nitrogen and oxygen atoms in total. The number of rotatable bonds is 2. The zero-order valence-corrected chi connectivity index (χ0v) is 10.2. The van der Waals surface area contributed by atoms with Crippen LogP contribution in [0.1, 0.15) is 18.5 Å². The summed E-state index contributed by atoms with van der Waals surface area (Å²) in [5.41, 5.74) is 0. The fourth-order valence-corrected chi connectivity index (χ4v) is 2.32. The lowest BCUT2D eigenvalue weighted by Gasteiger charge is -2.42. The van der Waals surface area contributed by atoms with Crippen LogP contribution in [0, 0.1) is 10.1 Å². The standard InChI is InChI=1S/C11H13NO8/c13-5-3-9(14)19-7-4-17-11(20-10(5)7)6-1-2-8(18-6)12(15)16/h1-2,5,7,9-11,13-14H,3-4H2/t5-,7-,9?,10+,11?/m1/s1. The number of furan rings is 1. The Morgan fingerprint density at radius 2 is 2.10 bits per heavy atom. The van der Waals surface area contributed by atoms with E-state index in [0.29, 0.717) is 0 Å². The van der Waals surface area contributed by atoms with Crippen molar-refractivity contribution in [2.24, 2.45) is 0 Å². The van der Waals surface area contributed by atoms with Crippen LogP contribution in [0.15, 0.2) is 16.5 Å². The lowest BCUT2D eigenvalue weighted by molar-refractivity contribution is -0.403. The molecule has 0 amide bonds. The number of ether oxygens (including phenoxy) is 3. The van der Waals surface area contributed by atoms with Gasteiger partial charge in [0.05, 0.1) is 18.8 Å². The van der Waals surface area contributed by atoms with Crippen LogP contribution in [-0.4, -0.2) is 46.3 Å². The Balaban J connectivity index is 1.72. The van der Waals surface area contributed by atoms with Crippen molar-refractivity contribution >= 4 is 5.88 Å². The number of hydrogen-bond donors (Lipinski definition) is 2. The van der Waals surface area contributed by atoms with Crippen molar-refractivity contribution in [3.63, 3.8) is 0 Å². The molecular formula is C11H13NO8. The number of nitro groups is 1. The van der Waals surface area contributed by atoms with Crippen molar-refractivity contribution < 1.29 is 33.8 Å². The van der Waals surface area contributed by atoms with Gasteiger partial charge >= 0.3 is 5.88 Å². The molecular weight excluding hydrogens is 274 g/mol. The Kier molecular flexibility index (Phi) is 3.44. The SMILES string of the molecule is O=[N+]([O-])c1ccc(C2OC[C@H]3OC(O)C[C@@H](O)[C@@H]3O2)o1. The van der Waals surface area contributed by atoms with E-state index in [2.05, 4.69) is 0 Å². The van der Waals surface area contributed by atoms with Gasteiger partial charge in [-0.3, -0.25) is 10.1 Å². The van der Waals surface area contributed by atoms with Gasteiger partial charge in [-0.1, -0.05) is 0 Å². The summed E-state index contributed by atoms with van der Waals surface area (Å²) < 4.78 is 21.0. The molecule has 3 rings (SSSR count). The molecule has 1 aromatic rings. The highest BCUT2D eigenvalue weighted by Gasteiger charge is 2.44. The first kappa shape index (κ1) is 13.5. The van der Waals surface area contributed by atoms with Gasteiger partial charge in [0, 0.05) is 6.42 Å². The van der Waals surface area contributed by atoms with Crippen molar-refractivity contribution in [1.29, 1.82) is 0 Å². The molecule has 20 heavy (non-hydrogen) atoms. The molecule has 0 spiro atoms. The normalized spacial score (nSPS) is 37.4. The lowest BCUT2D eigenvalue weighted by atomic mass is 10.0. The molecule has 1 aromatic heterocycles. The minimum Gasteiger partial charge on any atom is -0.400 e. The van der Waals surface area contributed by atoms with E-state index in [1.807, 2.05) is 0 Å². The zero-order chi connectivity index (χ0) is 14.3. The molecule has 0 radical (unpaired) electrons. The van der Waals surface area contributed by atoms with Gasteiger partial charge in [-0.2, -0.15) is 0 Å². The second kappa shape index (κ2) is 5.11. The van der Waals surface area contributed by atoms with Gasteiger partial charge in [-0.25, -0.2) is 0 Å². The molecule has 2 unspecified atom stereocenters. The number of fused-ring (bicyclic) bond motifs is 1. The average Bonchev–Trinajstić information content (AvgIpc) is 2.88. The minimum atomic E-state index is -1.06. The molecule has 2 aliphatic rings. The van der Waals surface area contributed by atoms with E-state index in [4.69, 9.17) is 18.6 Å². The Morgan fingerprint density at radius 1 is 1.30 bits per heavy atom. The maximum Gasteiger partial charge on any atom is 0.433 e. The van der Waals surface area contributed by atoms with Crippen molar-refractivity contribution in [2.45, 2.75) is 37.3 Å². The van der Waals surface area contributed by atoms with E-state index < -0.39 is 41.7 Å². The average molecular weight is 287 g/mol. The fourth-order valence-electron chi connectivity index (χ4n) is 2.32. The van der Waals surface area contributed by atoms with E-state index in [1.54, 1.807) is 0 Å². The second-order valence-corrected chi connectivity index (χ2v) is 4.63. The molecule has 110 valence electrons. The van der Waals surface area contributed by atoms with Crippen LogP contribution in [0.3, 0.4) is 0 Å². The molecule has 2 N–H and O–H groups in total. The van der Waals surface area contributed by atoms with E-state index in [0.717, 1.165) is 0 Å². The minimum absolute atomic E-state index is 0.0339. The van der Waals surface area contributed by atoms with Crippen molar-refractivity contribution in [3.05, 3.63) is 28.0 Å². The summed E-state index contributed by atoms with van der Waals surface area (Å²) in [5, 5.41) is 29.8. The molecule has 0 bridgehead atoms. The van der Waals surface area contributed by atoms with Crippen molar-refractivity contribution in [1.82, 2.24) is 0 Å². The van der Waals surface area contributed by atoms with Gasteiger partial charge in [0.25, 0.3) is 0 Å². The largest absolute Gasteiger partial charge is 0.433 e. The first-order valence-electron chi connectivity index (χ1n) is 6.07. The maximum absolute atomic E-state index is 10.6. The lowest BCUT2D eigenvalue weighted by Crippen LogP contribution is -2.54. The fraction of sp³-hybridized carbons (Fsp3) is 0.636. The molecule has 9 heteroatoms. The van der Waals surface area contributed by atoms with Crippen LogP contribution in [-0.2, 0) is 14.2 Å². The maximum atomic E-state index is 10.6. The topological polar surface area (TPSA) is 124 Å². The third-order valence-electron chi connectivity index (χ3n) is 3.24. The van der Waals surface area contributed by atoms with E-state index >= 15 is 0 Å². The molecule has 0 aliphatic carbocycles. The van der Waals surface area contributed by atoms with E-state index in [9.17, 15) is 20.3 Å². The summed E-state index contributed by atoms with van der Waals surface area (Å²) in [6.45, 7) is 0.0813. The first-order chi connectivity index (χ1) is 9.54. The summed E-state index contributed by atoms with van der Waals surface area (Å²) in [7, 11) is 0. The van der Waals surface area contributed by atoms with Crippen molar-refractivity contribution in [2.75, 3.05) is 6.61 Å². The zero-order valence-electron chi connectivity index (χ0n) is 10.2. The Morgan fingerprint density at radius 3 is 2.80 bits per heavy atom. The summed E-state index contributed by atoms with van der Waals surface area (Å²) in [4.78, 5) is 9.89. The summed E-state index contributed by atoms with van der Waals surface area (Å²) in [5.74, 6) is -0.265. The highest BCUT2D eigenvalue weighted by Crippen LogP contribution is 2.34. The third-order valence-corrected chi connectivity index (χ3v) is 3.24. The highest BCUT2D eigenvalue weighted by atomic mass is 16.7. The van der Waals surface area contributed by atoms with Gasteiger partial charge in [0.1, 0.15) is 17.1 Å². The van der Waals surface area contributed by atoms with E-state index in [-0.39, 0.29) is 18.8 Å². The number of nitrogens with zero attached hydrogens (tertiary/aromatic N) is 1. The number of aliphatic hydroxyl groups excluding tert-OH is 2. The smallest absolute Gasteiger partial charge is 0.400 e. The molecule has 3 heterocycles. The van der Waals surface area contributed by atoms with Gasteiger partial charge < -0.3 is 28.8 Å². The Hall–Kier alpha value is -1.52. The summed E-state index contributed by atoms with van der Waals surface area (Å²) >= 11 is 0. The van der Waals surface area contributed by atoms with Crippen LogP contribution in [0.25, 0.3) is 0 Å². The first-order valence-corrected chi connectivity index (χ1v) is 6.07. The second-order valence-electron chi connectivity index (χ2n) is 4.63. The molecule has 2 fully saturated rings.